The summed E-state index contributed by atoms with van der Waals surface area (Å²) in [7, 11) is 0. The van der Waals surface area contributed by atoms with Crippen LogP contribution < -0.4 is 4.74 Å². The smallest absolute Gasteiger partial charge is 0.411 e. The third-order valence-electron chi connectivity index (χ3n) is 11.5. The van der Waals surface area contributed by atoms with Gasteiger partial charge < -0.3 is 4.74 Å². The Morgan fingerprint density at radius 3 is 0.883 bits per heavy atom. The molecular formula is C52H54F6O2. The molecule has 0 saturated heterocycles. The van der Waals surface area contributed by atoms with Gasteiger partial charge in [-0.2, -0.15) is 26.3 Å². The van der Waals surface area contributed by atoms with Crippen molar-refractivity contribution >= 4 is 5.78 Å². The Kier molecular flexibility index (Phi) is 14.7. The molecule has 6 aromatic carbocycles. The van der Waals surface area contributed by atoms with E-state index in [9.17, 15) is 31.1 Å². The predicted octanol–water partition coefficient (Wildman–Crippen LogP) is 15.2. The fourth-order valence-electron chi connectivity index (χ4n) is 6.55. The van der Waals surface area contributed by atoms with Crippen LogP contribution in [0.2, 0.25) is 0 Å². The molecule has 0 unspecified atom stereocenters. The van der Waals surface area contributed by atoms with E-state index in [0.717, 1.165) is 58.0 Å². The lowest BCUT2D eigenvalue weighted by atomic mass is 9.71. The average Bonchev–Trinajstić information content (AvgIpc) is 3.16. The molecule has 0 fully saturated rings. The number of ether oxygens (including phenoxy) is 1. The number of rotatable bonds is 6. The molecule has 6 aromatic rings. The third kappa shape index (κ3) is 10.6. The Morgan fingerprint density at radius 1 is 0.350 bits per heavy atom. The van der Waals surface area contributed by atoms with Gasteiger partial charge in [0.2, 0.25) is 5.41 Å². The lowest BCUT2D eigenvalue weighted by molar-refractivity contribution is -0.288. The van der Waals surface area contributed by atoms with Crippen molar-refractivity contribution in [3.05, 3.63) is 198 Å². The summed E-state index contributed by atoms with van der Waals surface area (Å²) in [5.74, 6) is 1.90. The van der Waals surface area contributed by atoms with E-state index < -0.39 is 28.9 Å². The summed E-state index contributed by atoms with van der Waals surface area (Å²) < 4.78 is 89.8. The number of alkyl halides is 6. The van der Waals surface area contributed by atoms with Crippen LogP contribution in [0.1, 0.15) is 93.8 Å². The second kappa shape index (κ2) is 18.7. The van der Waals surface area contributed by atoms with Crippen LogP contribution in [-0.2, 0) is 5.41 Å². The number of carbonyl (C=O) groups excluding carboxylic acids is 1. The van der Waals surface area contributed by atoms with Crippen molar-refractivity contribution in [2.75, 3.05) is 0 Å². The van der Waals surface area contributed by atoms with Crippen LogP contribution in [-0.4, -0.2) is 18.1 Å². The third-order valence-corrected chi connectivity index (χ3v) is 11.5. The van der Waals surface area contributed by atoms with Gasteiger partial charge in [-0.15, -0.1) is 0 Å². The Morgan fingerprint density at radius 2 is 0.617 bits per heavy atom. The van der Waals surface area contributed by atoms with Gasteiger partial charge in [-0.1, -0.05) is 72.8 Å². The average molecular weight is 825 g/mol. The normalized spacial score (nSPS) is 11.6. The second-order valence-electron chi connectivity index (χ2n) is 15.9. The van der Waals surface area contributed by atoms with Crippen molar-refractivity contribution < 1.29 is 35.9 Å². The van der Waals surface area contributed by atoms with Crippen molar-refractivity contribution in [1.82, 2.24) is 0 Å². The molecule has 316 valence electrons. The number of carbonyl (C=O) groups is 1. The number of ketones is 1. The minimum atomic E-state index is -5.55. The lowest BCUT2D eigenvalue weighted by Gasteiger charge is -2.38. The van der Waals surface area contributed by atoms with Crippen LogP contribution in [0.15, 0.2) is 109 Å². The predicted molar refractivity (Wildman–Crippen MR) is 232 cm³/mol. The van der Waals surface area contributed by atoms with Gasteiger partial charge >= 0.3 is 12.4 Å². The monoisotopic (exact) mass is 824 g/mol. The van der Waals surface area contributed by atoms with Crippen LogP contribution >= 0.6 is 0 Å². The Balaban J connectivity index is 0.000000203. The zero-order valence-corrected chi connectivity index (χ0v) is 36.5. The van der Waals surface area contributed by atoms with E-state index in [4.69, 9.17) is 4.74 Å². The van der Waals surface area contributed by atoms with E-state index >= 15 is 0 Å². The van der Waals surface area contributed by atoms with E-state index in [1.54, 1.807) is 13.8 Å². The summed E-state index contributed by atoms with van der Waals surface area (Å²) in [6, 6.07) is 30.5. The summed E-state index contributed by atoms with van der Waals surface area (Å²) in [6.07, 6.45) is -11.1. The molecule has 0 aliphatic heterocycles. The molecule has 60 heavy (non-hydrogen) atoms. The van der Waals surface area contributed by atoms with Crippen LogP contribution in [0.3, 0.4) is 0 Å². The van der Waals surface area contributed by atoms with E-state index in [2.05, 4.69) is 65.8 Å². The van der Waals surface area contributed by atoms with Gasteiger partial charge in [0.1, 0.15) is 11.5 Å². The molecule has 0 bridgehead atoms. The standard InChI is InChI=1S/C19H18F6.C17H18O.C16H18O/c1-11-5-7-15(9-13(11)3)17(18(20,21)22,19(23,24)25)16-8-6-12(2)14(4)10-16;1-11-5-7-15(9-13(11)3)17(18)16-8-6-12(2)14(4)10-16;1-11-5-7-15(9-13(11)3)17-16-8-6-12(2)14(4)10-16/h5-10H,1-4H3;5-10H,1-4H3;5-10H,1-4H3. The van der Waals surface area contributed by atoms with Crippen molar-refractivity contribution in [1.29, 1.82) is 0 Å². The zero-order valence-electron chi connectivity index (χ0n) is 36.5. The first-order valence-electron chi connectivity index (χ1n) is 19.7. The number of halogens is 6. The molecule has 0 aromatic heterocycles. The van der Waals surface area contributed by atoms with Gasteiger partial charge in [-0.25, -0.2) is 0 Å². The van der Waals surface area contributed by atoms with Crippen molar-refractivity contribution in [2.24, 2.45) is 0 Å². The first kappa shape index (κ1) is 47.1. The molecule has 0 radical (unpaired) electrons. The number of hydrogen-bond acceptors (Lipinski definition) is 2. The summed E-state index contributed by atoms with van der Waals surface area (Å²) in [6.45, 7) is 22.9. The fraction of sp³-hybridized carbons (Fsp3) is 0.288. The number of hydrogen-bond donors (Lipinski definition) is 0. The summed E-state index contributed by atoms with van der Waals surface area (Å²) in [5, 5.41) is 0. The maximum absolute atomic E-state index is 14.0. The quantitative estimate of drug-likeness (QED) is 0.124. The van der Waals surface area contributed by atoms with Crippen molar-refractivity contribution in [3.8, 4) is 11.5 Å². The molecule has 2 nitrogen and oxygen atoms in total. The maximum atomic E-state index is 14.0. The highest BCUT2D eigenvalue weighted by Gasteiger charge is 2.72. The fourth-order valence-corrected chi connectivity index (χ4v) is 6.55. The SMILES string of the molecule is Cc1ccc(C(=O)c2ccc(C)c(C)c2)cc1C.Cc1ccc(C(c2ccc(C)c(C)c2)(C(F)(F)F)C(F)(F)F)cc1C.Cc1ccc(Oc2ccc(C)c(C)c2)cc1C. The van der Waals surface area contributed by atoms with E-state index in [1.165, 1.54) is 59.4 Å². The molecule has 0 atom stereocenters. The van der Waals surface area contributed by atoms with Crippen molar-refractivity contribution in [2.45, 2.75) is 101 Å². The summed E-state index contributed by atoms with van der Waals surface area (Å²) >= 11 is 0. The number of benzene rings is 6. The Hall–Kier alpha value is -5.63. The van der Waals surface area contributed by atoms with Gasteiger partial charge in [0.25, 0.3) is 0 Å². The molecule has 0 aliphatic carbocycles. The molecule has 0 heterocycles. The van der Waals surface area contributed by atoms with E-state index in [0.29, 0.717) is 22.3 Å². The second-order valence-corrected chi connectivity index (χ2v) is 15.9. The van der Waals surface area contributed by atoms with E-state index in [1.807, 2.05) is 62.4 Å². The topological polar surface area (TPSA) is 26.3 Å². The first-order chi connectivity index (χ1) is 27.9. The van der Waals surface area contributed by atoms with E-state index in [-0.39, 0.29) is 5.78 Å². The molecule has 0 aliphatic rings. The molecule has 0 amide bonds. The molecule has 0 saturated carbocycles. The molecule has 6 rings (SSSR count). The highest BCUT2D eigenvalue weighted by molar-refractivity contribution is 6.09. The minimum absolute atomic E-state index is 0.0983. The minimum Gasteiger partial charge on any atom is -0.457 e. The van der Waals surface area contributed by atoms with Gasteiger partial charge in [0, 0.05) is 11.1 Å². The van der Waals surface area contributed by atoms with Crippen LogP contribution in [0.5, 0.6) is 11.5 Å². The molecular weight excluding hydrogens is 771 g/mol. The van der Waals surface area contributed by atoms with Gasteiger partial charge in [-0.05, 0) is 197 Å². The number of aryl methyl sites for hydroxylation is 12. The zero-order chi connectivity index (χ0) is 44.9. The van der Waals surface area contributed by atoms with Crippen LogP contribution in [0.25, 0.3) is 0 Å². The van der Waals surface area contributed by atoms with Crippen LogP contribution in [0.4, 0.5) is 26.3 Å². The lowest BCUT2D eigenvalue weighted by Crippen LogP contribution is -2.54. The maximum Gasteiger partial charge on any atom is 0.411 e. The summed E-state index contributed by atoms with van der Waals surface area (Å²) in [5.41, 5.74) is 7.65. The Bertz CT molecular complexity index is 2320. The summed E-state index contributed by atoms with van der Waals surface area (Å²) in [4.78, 5) is 12.4. The Labute approximate surface area is 351 Å². The highest BCUT2D eigenvalue weighted by Crippen LogP contribution is 2.56. The molecule has 0 N–H and O–H groups in total. The van der Waals surface area contributed by atoms with Gasteiger partial charge in [0.05, 0.1) is 0 Å². The largest absolute Gasteiger partial charge is 0.457 e. The van der Waals surface area contributed by atoms with Gasteiger partial charge in [0.15, 0.2) is 5.78 Å². The highest BCUT2D eigenvalue weighted by atomic mass is 19.4. The molecule has 0 spiro atoms. The first-order valence-corrected chi connectivity index (χ1v) is 19.7. The van der Waals surface area contributed by atoms with Crippen molar-refractivity contribution in [3.63, 3.8) is 0 Å². The van der Waals surface area contributed by atoms with Crippen LogP contribution in [0, 0.1) is 83.1 Å². The van der Waals surface area contributed by atoms with Gasteiger partial charge in [-0.3, -0.25) is 4.79 Å². The molecule has 8 heteroatoms.